The summed E-state index contributed by atoms with van der Waals surface area (Å²) in [6.45, 7) is 7.00. The van der Waals surface area contributed by atoms with E-state index in [1.165, 1.54) is 4.88 Å². The van der Waals surface area contributed by atoms with Gasteiger partial charge in [0.05, 0.1) is 25.8 Å². The maximum atomic E-state index is 5.80. The van der Waals surface area contributed by atoms with Crippen LogP contribution in [0.25, 0.3) is 0 Å². The molecule has 0 bridgehead atoms. The van der Waals surface area contributed by atoms with Crippen molar-refractivity contribution >= 4 is 17.3 Å². The van der Waals surface area contributed by atoms with E-state index < -0.39 is 0 Å². The zero-order chi connectivity index (χ0) is 20.2. The number of hydrogen-bond acceptors (Lipinski definition) is 6. The summed E-state index contributed by atoms with van der Waals surface area (Å²) in [4.78, 5) is 10.2. The van der Waals surface area contributed by atoms with Crippen molar-refractivity contribution in [2.45, 2.75) is 26.7 Å². The Labute approximate surface area is 171 Å². The fraction of sp³-hybridized carbons (Fsp3) is 0.500. The molecule has 0 saturated carbocycles. The van der Waals surface area contributed by atoms with E-state index in [1.54, 1.807) is 25.6 Å². The Balaban J connectivity index is 1.74. The van der Waals surface area contributed by atoms with Gasteiger partial charge in [0.2, 0.25) is 0 Å². The molecular formula is C20H30N4O3S. The number of guanidine groups is 1. The van der Waals surface area contributed by atoms with E-state index in [4.69, 9.17) is 14.2 Å². The predicted molar refractivity (Wildman–Crippen MR) is 114 cm³/mol. The Kier molecular flexibility index (Phi) is 9.41. The van der Waals surface area contributed by atoms with Gasteiger partial charge in [-0.15, -0.1) is 11.3 Å². The van der Waals surface area contributed by atoms with Crippen LogP contribution in [0.1, 0.15) is 23.2 Å². The summed E-state index contributed by atoms with van der Waals surface area (Å²) in [5, 5.41) is 7.75. The molecule has 2 rings (SSSR count). The van der Waals surface area contributed by atoms with Crippen molar-refractivity contribution in [1.29, 1.82) is 0 Å². The molecule has 1 aromatic carbocycles. The number of aliphatic imine (C=N–C) groups is 1. The van der Waals surface area contributed by atoms with E-state index in [0.29, 0.717) is 24.7 Å². The lowest BCUT2D eigenvalue weighted by Gasteiger charge is -2.11. The molecule has 7 nitrogen and oxygen atoms in total. The number of methoxy groups -OCH3 is 2. The summed E-state index contributed by atoms with van der Waals surface area (Å²) in [5.41, 5.74) is 0. The molecule has 1 heterocycles. The first-order valence-electron chi connectivity index (χ1n) is 9.44. The summed E-state index contributed by atoms with van der Waals surface area (Å²) in [6.07, 6.45) is 3.61. The minimum atomic E-state index is 0.567. The third-order valence-corrected chi connectivity index (χ3v) is 4.78. The number of benzene rings is 1. The van der Waals surface area contributed by atoms with Crippen LogP contribution >= 0.6 is 11.3 Å². The van der Waals surface area contributed by atoms with Gasteiger partial charge >= 0.3 is 0 Å². The van der Waals surface area contributed by atoms with Crippen LogP contribution in [0.2, 0.25) is 0 Å². The second-order valence-corrected chi connectivity index (χ2v) is 7.37. The Hall–Kier alpha value is -2.48. The van der Waals surface area contributed by atoms with Crippen molar-refractivity contribution in [1.82, 2.24) is 15.6 Å². The van der Waals surface area contributed by atoms with Gasteiger partial charge in [-0.2, -0.15) is 0 Å². The third-order valence-electron chi connectivity index (χ3n) is 3.81. The Morgan fingerprint density at radius 2 is 1.82 bits per heavy atom. The van der Waals surface area contributed by atoms with Gasteiger partial charge in [0.1, 0.15) is 17.2 Å². The van der Waals surface area contributed by atoms with E-state index >= 15 is 0 Å². The number of nitrogens with one attached hydrogen (secondary N) is 2. The lowest BCUT2D eigenvalue weighted by Crippen LogP contribution is -2.38. The molecule has 0 unspecified atom stereocenters. The molecule has 0 saturated heterocycles. The van der Waals surface area contributed by atoms with Crippen molar-refractivity contribution in [2.24, 2.45) is 4.99 Å². The van der Waals surface area contributed by atoms with Gasteiger partial charge in [0.15, 0.2) is 5.96 Å². The van der Waals surface area contributed by atoms with Crippen LogP contribution in [-0.2, 0) is 6.42 Å². The molecule has 154 valence electrons. The number of rotatable bonds is 11. The number of hydrogen-bond donors (Lipinski definition) is 2. The molecule has 0 radical (unpaired) electrons. The highest BCUT2D eigenvalue weighted by Gasteiger charge is 2.03. The number of thiazole rings is 1. The minimum Gasteiger partial charge on any atom is -0.496 e. The summed E-state index contributed by atoms with van der Waals surface area (Å²) in [7, 11) is 3.25. The molecule has 2 aromatic rings. The molecule has 0 amide bonds. The van der Waals surface area contributed by atoms with Gasteiger partial charge in [-0.05, 0) is 13.8 Å². The second-order valence-electron chi connectivity index (χ2n) is 6.05. The van der Waals surface area contributed by atoms with Crippen LogP contribution < -0.4 is 24.8 Å². The topological polar surface area (TPSA) is 77.0 Å². The third kappa shape index (κ3) is 7.64. The predicted octanol–water partition coefficient (Wildman–Crippen LogP) is 3.04. The van der Waals surface area contributed by atoms with Crippen LogP contribution in [0.3, 0.4) is 0 Å². The highest BCUT2D eigenvalue weighted by Crippen LogP contribution is 2.27. The monoisotopic (exact) mass is 406 g/mol. The van der Waals surface area contributed by atoms with Gasteiger partial charge in [-0.1, -0.05) is 0 Å². The Morgan fingerprint density at radius 3 is 2.43 bits per heavy atom. The number of ether oxygens (including phenoxy) is 3. The fourth-order valence-electron chi connectivity index (χ4n) is 2.46. The van der Waals surface area contributed by atoms with E-state index in [2.05, 4.69) is 34.5 Å². The van der Waals surface area contributed by atoms with Gasteiger partial charge in [-0.3, -0.25) is 4.99 Å². The summed E-state index contributed by atoms with van der Waals surface area (Å²) < 4.78 is 16.3. The first-order chi connectivity index (χ1) is 13.6. The normalized spacial score (nSPS) is 11.2. The molecule has 28 heavy (non-hydrogen) atoms. The Morgan fingerprint density at radius 1 is 1.11 bits per heavy atom. The van der Waals surface area contributed by atoms with Crippen LogP contribution in [-0.4, -0.2) is 51.4 Å². The lowest BCUT2D eigenvalue weighted by atomic mass is 10.3. The van der Waals surface area contributed by atoms with Crippen molar-refractivity contribution < 1.29 is 14.2 Å². The van der Waals surface area contributed by atoms with E-state index in [-0.39, 0.29) is 0 Å². The summed E-state index contributed by atoms with van der Waals surface area (Å²) in [6, 6.07) is 5.51. The SMILES string of the molecule is CCNC(=NCCCOc1cc(OC)cc(OC)c1)NCCc1ncc(C)s1. The zero-order valence-corrected chi connectivity index (χ0v) is 17.9. The van der Waals surface area contributed by atoms with E-state index in [9.17, 15) is 0 Å². The van der Waals surface area contributed by atoms with Crippen LogP contribution in [0.5, 0.6) is 17.2 Å². The van der Waals surface area contributed by atoms with Gasteiger partial charge in [0.25, 0.3) is 0 Å². The molecule has 0 aliphatic heterocycles. The lowest BCUT2D eigenvalue weighted by molar-refractivity contribution is 0.307. The van der Waals surface area contributed by atoms with Crippen molar-refractivity contribution in [3.8, 4) is 17.2 Å². The van der Waals surface area contributed by atoms with Crippen LogP contribution in [0.4, 0.5) is 0 Å². The van der Waals surface area contributed by atoms with Crippen molar-refractivity contribution in [3.63, 3.8) is 0 Å². The first-order valence-corrected chi connectivity index (χ1v) is 10.3. The quantitative estimate of drug-likeness (QED) is 0.339. The average Bonchev–Trinajstić information content (AvgIpc) is 3.12. The molecule has 0 fully saturated rings. The summed E-state index contributed by atoms with van der Waals surface area (Å²) in [5.74, 6) is 2.96. The van der Waals surface area contributed by atoms with Crippen molar-refractivity contribution in [3.05, 3.63) is 34.3 Å². The van der Waals surface area contributed by atoms with Gasteiger partial charge < -0.3 is 24.8 Å². The van der Waals surface area contributed by atoms with Crippen molar-refractivity contribution in [2.75, 3.05) is 40.5 Å². The number of aryl methyl sites for hydroxylation is 1. The van der Waals surface area contributed by atoms with Crippen LogP contribution in [0.15, 0.2) is 29.4 Å². The molecule has 0 aliphatic carbocycles. The zero-order valence-electron chi connectivity index (χ0n) is 17.1. The molecular weight excluding hydrogens is 376 g/mol. The first kappa shape index (κ1) is 21.8. The maximum absolute atomic E-state index is 5.80. The number of aromatic nitrogens is 1. The molecule has 8 heteroatoms. The molecule has 2 N–H and O–H groups in total. The summed E-state index contributed by atoms with van der Waals surface area (Å²) >= 11 is 1.73. The highest BCUT2D eigenvalue weighted by molar-refractivity contribution is 7.11. The number of nitrogens with zero attached hydrogens (tertiary/aromatic N) is 2. The van der Waals surface area contributed by atoms with Gasteiger partial charge in [0, 0.05) is 61.7 Å². The molecule has 1 aromatic heterocycles. The minimum absolute atomic E-state index is 0.567. The maximum Gasteiger partial charge on any atom is 0.191 e. The standard InChI is InChI=1S/C20H30N4O3S/c1-5-21-20(23-9-7-19-24-14-15(2)28-19)22-8-6-10-27-18-12-16(25-3)11-17(13-18)26-4/h11-14H,5-10H2,1-4H3,(H2,21,22,23). The average molecular weight is 407 g/mol. The molecule has 0 spiro atoms. The smallest absolute Gasteiger partial charge is 0.191 e. The van der Waals surface area contributed by atoms with E-state index in [1.807, 2.05) is 24.4 Å². The highest BCUT2D eigenvalue weighted by atomic mass is 32.1. The molecule has 0 aliphatic rings. The largest absolute Gasteiger partial charge is 0.496 e. The Bertz CT molecular complexity index is 727. The van der Waals surface area contributed by atoms with Crippen LogP contribution in [0, 0.1) is 6.92 Å². The second kappa shape index (κ2) is 12.1. The fourth-order valence-corrected chi connectivity index (χ4v) is 3.24. The molecule has 0 atom stereocenters. The van der Waals surface area contributed by atoms with E-state index in [0.717, 1.165) is 42.6 Å². The van der Waals surface area contributed by atoms with Gasteiger partial charge in [-0.25, -0.2) is 4.98 Å².